The number of imidazole rings is 1. The van der Waals surface area contributed by atoms with Gasteiger partial charge in [-0.15, -0.1) is 0 Å². The van der Waals surface area contributed by atoms with Gasteiger partial charge >= 0.3 is 5.97 Å². The third-order valence-electron chi connectivity index (χ3n) is 2.47. The summed E-state index contributed by atoms with van der Waals surface area (Å²) >= 11 is 0. The number of hydrogen-bond donors (Lipinski definition) is 3. The van der Waals surface area contributed by atoms with Crippen LogP contribution in [0.1, 0.15) is 29.6 Å². The molecule has 3 N–H and O–H groups in total. The number of nitrogens with zero attached hydrogens (tertiary/aromatic N) is 1. The first-order chi connectivity index (χ1) is 7.66. The zero-order valence-electron chi connectivity index (χ0n) is 8.90. The van der Waals surface area contributed by atoms with Crippen molar-refractivity contribution in [1.82, 2.24) is 15.0 Å². The third kappa shape index (κ3) is 2.13. The molecule has 0 spiro atoms. The van der Waals surface area contributed by atoms with Gasteiger partial charge in [-0.3, -0.25) is 4.79 Å². The number of aryl methyl sites for hydroxylation is 1. The van der Waals surface area contributed by atoms with Crippen molar-refractivity contribution in [1.29, 1.82) is 0 Å². The molecule has 2 aromatic rings. The smallest absolute Gasteiger partial charge is 0.304 e. The van der Waals surface area contributed by atoms with E-state index < -0.39 is 5.97 Å². The molecule has 2 heterocycles. The average molecular weight is 219 g/mol. The quantitative estimate of drug-likeness (QED) is 0.731. The molecule has 0 bridgehead atoms. The van der Waals surface area contributed by atoms with Crippen LogP contribution in [0.3, 0.4) is 0 Å². The monoisotopic (exact) mass is 219 g/mol. The number of aromatic amines is 2. The van der Waals surface area contributed by atoms with E-state index in [0.29, 0.717) is 0 Å². The molecule has 0 aromatic carbocycles. The predicted molar refractivity (Wildman–Crippen MR) is 58.2 cm³/mol. The van der Waals surface area contributed by atoms with Crippen LogP contribution >= 0.6 is 0 Å². The van der Waals surface area contributed by atoms with Gasteiger partial charge in [-0.2, -0.15) is 0 Å². The molecule has 16 heavy (non-hydrogen) atoms. The first-order valence-corrected chi connectivity index (χ1v) is 5.03. The van der Waals surface area contributed by atoms with Gasteiger partial charge in [0.1, 0.15) is 5.82 Å². The number of carboxylic acid groups (broad SMARTS) is 1. The van der Waals surface area contributed by atoms with Gasteiger partial charge in [0.15, 0.2) is 0 Å². The standard InChI is InChI=1S/C11H13N3O2/c1-7-13-6-10(14-7)8(5-11(15)16)9-3-2-4-12-9/h2-4,6,8,12H,5H2,1H3,(H,13,14)(H,15,16). The summed E-state index contributed by atoms with van der Waals surface area (Å²) in [5.41, 5.74) is 1.70. The van der Waals surface area contributed by atoms with Crippen molar-refractivity contribution in [3.8, 4) is 0 Å². The molecule has 5 nitrogen and oxygen atoms in total. The van der Waals surface area contributed by atoms with Gasteiger partial charge in [0.2, 0.25) is 0 Å². The first-order valence-electron chi connectivity index (χ1n) is 5.03. The molecule has 0 aliphatic heterocycles. The van der Waals surface area contributed by atoms with E-state index in [0.717, 1.165) is 17.2 Å². The van der Waals surface area contributed by atoms with E-state index in [1.165, 1.54) is 0 Å². The van der Waals surface area contributed by atoms with Crippen LogP contribution in [-0.2, 0) is 4.79 Å². The lowest BCUT2D eigenvalue weighted by Gasteiger charge is -2.10. The van der Waals surface area contributed by atoms with Crippen LogP contribution < -0.4 is 0 Å². The Morgan fingerprint density at radius 2 is 2.38 bits per heavy atom. The number of rotatable bonds is 4. The van der Waals surface area contributed by atoms with Crippen molar-refractivity contribution in [2.45, 2.75) is 19.3 Å². The third-order valence-corrected chi connectivity index (χ3v) is 2.47. The lowest BCUT2D eigenvalue weighted by atomic mass is 9.98. The maximum absolute atomic E-state index is 10.8. The van der Waals surface area contributed by atoms with Crippen LogP contribution in [0.25, 0.3) is 0 Å². The molecule has 0 amide bonds. The molecule has 2 aromatic heterocycles. The van der Waals surface area contributed by atoms with E-state index in [-0.39, 0.29) is 12.3 Å². The maximum Gasteiger partial charge on any atom is 0.304 e. The zero-order chi connectivity index (χ0) is 11.5. The molecule has 0 saturated heterocycles. The normalized spacial score (nSPS) is 12.6. The maximum atomic E-state index is 10.8. The van der Waals surface area contributed by atoms with Gasteiger partial charge in [-0.05, 0) is 19.1 Å². The van der Waals surface area contributed by atoms with Crippen LogP contribution in [0.4, 0.5) is 0 Å². The number of carboxylic acids is 1. The van der Waals surface area contributed by atoms with Crippen LogP contribution in [0.15, 0.2) is 24.5 Å². The van der Waals surface area contributed by atoms with Gasteiger partial charge in [-0.25, -0.2) is 4.98 Å². The van der Waals surface area contributed by atoms with Crippen LogP contribution in [0.2, 0.25) is 0 Å². The molecular weight excluding hydrogens is 206 g/mol. The molecule has 0 aliphatic carbocycles. The fraction of sp³-hybridized carbons (Fsp3) is 0.273. The Balaban J connectivity index is 2.31. The summed E-state index contributed by atoms with van der Waals surface area (Å²) in [5, 5.41) is 8.90. The summed E-state index contributed by atoms with van der Waals surface area (Å²) in [4.78, 5) is 21.0. The van der Waals surface area contributed by atoms with Gasteiger partial charge in [0, 0.05) is 23.8 Å². The summed E-state index contributed by atoms with van der Waals surface area (Å²) in [7, 11) is 0. The number of aliphatic carboxylic acids is 1. The molecule has 0 saturated carbocycles. The van der Waals surface area contributed by atoms with E-state index in [9.17, 15) is 4.79 Å². The van der Waals surface area contributed by atoms with Crippen molar-refractivity contribution in [2.75, 3.05) is 0 Å². The molecule has 84 valence electrons. The number of H-pyrrole nitrogens is 2. The van der Waals surface area contributed by atoms with Crippen molar-refractivity contribution in [2.24, 2.45) is 0 Å². The van der Waals surface area contributed by atoms with E-state index in [4.69, 9.17) is 5.11 Å². The van der Waals surface area contributed by atoms with Crippen LogP contribution in [0.5, 0.6) is 0 Å². The van der Waals surface area contributed by atoms with Crippen LogP contribution in [0, 0.1) is 6.92 Å². The van der Waals surface area contributed by atoms with E-state index >= 15 is 0 Å². The first kappa shape index (κ1) is 10.5. The number of aromatic nitrogens is 3. The fourth-order valence-electron chi connectivity index (χ4n) is 1.74. The average Bonchev–Trinajstić information content (AvgIpc) is 2.84. The second kappa shape index (κ2) is 4.22. The Morgan fingerprint density at radius 1 is 1.56 bits per heavy atom. The minimum absolute atomic E-state index is 0.0438. The lowest BCUT2D eigenvalue weighted by Crippen LogP contribution is -2.08. The Kier molecular flexibility index (Phi) is 2.76. The van der Waals surface area contributed by atoms with Crippen molar-refractivity contribution >= 4 is 5.97 Å². The predicted octanol–water partition coefficient (Wildman–Crippen LogP) is 1.65. The van der Waals surface area contributed by atoms with Gasteiger partial charge < -0.3 is 15.1 Å². The summed E-state index contributed by atoms with van der Waals surface area (Å²) in [6.07, 6.45) is 3.51. The Bertz CT molecular complexity index is 473. The SMILES string of the molecule is Cc1ncc(C(CC(=O)O)c2ccc[nH]2)[nH]1. The Hall–Kier alpha value is -2.04. The molecular formula is C11H13N3O2. The zero-order valence-corrected chi connectivity index (χ0v) is 8.90. The van der Waals surface area contributed by atoms with Gasteiger partial charge in [-0.1, -0.05) is 0 Å². The van der Waals surface area contributed by atoms with Crippen LogP contribution in [-0.4, -0.2) is 26.0 Å². The molecule has 0 radical (unpaired) electrons. The summed E-state index contributed by atoms with van der Waals surface area (Å²) in [6, 6.07) is 3.73. The second-order valence-corrected chi connectivity index (χ2v) is 3.70. The number of nitrogens with one attached hydrogen (secondary N) is 2. The summed E-state index contributed by atoms with van der Waals surface area (Å²) in [5.74, 6) is -0.238. The minimum atomic E-state index is -0.827. The largest absolute Gasteiger partial charge is 0.481 e. The topological polar surface area (TPSA) is 81.8 Å². The highest BCUT2D eigenvalue weighted by molar-refractivity contribution is 5.68. The summed E-state index contributed by atoms with van der Waals surface area (Å²) < 4.78 is 0. The molecule has 5 heteroatoms. The highest BCUT2D eigenvalue weighted by Gasteiger charge is 2.20. The molecule has 2 rings (SSSR count). The van der Waals surface area contributed by atoms with Crippen molar-refractivity contribution in [3.63, 3.8) is 0 Å². The van der Waals surface area contributed by atoms with E-state index in [1.54, 1.807) is 12.4 Å². The van der Waals surface area contributed by atoms with Gasteiger partial charge in [0.05, 0.1) is 12.3 Å². The van der Waals surface area contributed by atoms with Crippen molar-refractivity contribution < 1.29 is 9.90 Å². The highest BCUT2D eigenvalue weighted by Crippen LogP contribution is 2.25. The Morgan fingerprint density at radius 3 is 2.88 bits per heavy atom. The van der Waals surface area contributed by atoms with Gasteiger partial charge in [0.25, 0.3) is 0 Å². The fourth-order valence-corrected chi connectivity index (χ4v) is 1.74. The lowest BCUT2D eigenvalue weighted by molar-refractivity contribution is -0.137. The van der Waals surface area contributed by atoms with E-state index in [2.05, 4.69) is 15.0 Å². The Labute approximate surface area is 92.5 Å². The number of carbonyl (C=O) groups is 1. The van der Waals surface area contributed by atoms with E-state index in [1.807, 2.05) is 19.1 Å². The highest BCUT2D eigenvalue weighted by atomic mass is 16.4. The molecule has 1 atom stereocenters. The summed E-state index contributed by atoms with van der Waals surface area (Å²) in [6.45, 7) is 1.84. The number of hydrogen-bond acceptors (Lipinski definition) is 2. The molecule has 1 unspecified atom stereocenters. The molecule has 0 fully saturated rings. The molecule has 0 aliphatic rings. The second-order valence-electron chi connectivity index (χ2n) is 3.70. The van der Waals surface area contributed by atoms with Crippen molar-refractivity contribution in [3.05, 3.63) is 41.7 Å². The minimum Gasteiger partial charge on any atom is -0.481 e.